The minimum absolute atomic E-state index is 0.180. The number of fused-ring (bicyclic) bond motifs is 2. The van der Waals surface area contributed by atoms with Crippen LogP contribution in [0.3, 0.4) is 0 Å². The molecule has 2 aromatic heterocycles. The number of allylic oxidation sites excluding steroid dienone is 2. The number of aromatic nitrogens is 2. The number of pyridine rings is 1. The molecule has 0 fully saturated rings. The number of carbonyl (C=O) groups is 1. The maximum Gasteiger partial charge on any atom is 0.282 e. The molecule has 0 unspecified atom stereocenters. The van der Waals surface area contributed by atoms with Gasteiger partial charge in [0, 0.05) is 23.7 Å². The number of aryl methyl sites for hydroxylation is 2. The van der Waals surface area contributed by atoms with Gasteiger partial charge in [-0.1, -0.05) is 6.92 Å². The first-order chi connectivity index (χ1) is 9.40. The van der Waals surface area contributed by atoms with Crippen molar-refractivity contribution in [3.63, 3.8) is 0 Å². The molecule has 0 N–H and O–H groups in total. The van der Waals surface area contributed by atoms with Crippen molar-refractivity contribution in [3.05, 3.63) is 38.9 Å². The second-order valence-electron chi connectivity index (χ2n) is 5.46. The van der Waals surface area contributed by atoms with E-state index in [9.17, 15) is 9.59 Å². The Hall–Kier alpha value is -2.10. The summed E-state index contributed by atoms with van der Waals surface area (Å²) in [4.78, 5) is 25.0. The Bertz CT molecular complexity index is 863. The lowest BCUT2D eigenvalue weighted by Crippen LogP contribution is -2.27. The Morgan fingerprint density at radius 3 is 2.40 bits per heavy atom. The normalized spacial score (nSPS) is 14.6. The fourth-order valence-corrected chi connectivity index (χ4v) is 3.18. The molecule has 0 spiro atoms. The predicted molar refractivity (Wildman–Crippen MR) is 80.2 cm³/mol. The van der Waals surface area contributed by atoms with Crippen molar-refractivity contribution in [1.82, 2.24) is 9.13 Å². The van der Waals surface area contributed by atoms with Crippen LogP contribution in [-0.2, 0) is 7.05 Å². The van der Waals surface area contributed by atoms with E-state index in [1.807, 2.05) is 38.5 Å². The van der Waals surface area contributed by atoms with E-state index in [4.69, 9.17) is 0 Å². The summed E-state index contributed by atoms with van der Waals surface area (Å²) in [5, 5.41) is 0.953. The molecule has 104 valence electrons. The second-order valence-corrected chi connectivity index (χ2v) is 5.46. The Labute approximate surface area is 117 Å². The highest BCUT2D eigenvalue weighted by Gasteiger charge is 2.29. The Kier molecular flexibility index (Phi) is 2.55. The Morgan fingerprint density at radius 2 is 1.80 bits per heavy atom. The van der Waals surface area contributed by atoms with Gasteiger partial charge in [0.05, 0.1) is 5.69 Å². The molecule has 0 radical (unpaired) electrons. The molecule has 20 heavy (non-hydrogen) atoms. The fourth-order valence-electron chi connectivity index (χ4n) is 3.18. The van der Waals surface area contributed by atoms with Gasteiger partial charge < -0.3 is 4.57 Å². The van der Waals surface area contributed by atoms with E-state index >= 15 is 0 Å². The van der Waals surface area contributed by atoms with E-state index in [0.29, 0.717) is 11.1 Å². The van der Waals surface area contributed by atoms with Crippen LogP contribution in [0.1, 0.15) is 42.0 Å². The molecule has 4 heteroatoms. The molecule has 0 bridgehead atoms. The average Bonchev–Trinajstić information content (AvgIpc) is 2.79. The van der Waals surface area contributed by atoms with Gasteiger partial charge in [-0.2, -0.15) is 0 Å². The number of nitrogens with zero attached hydrogens (tertiary/aromatic N) is 2. The van der Waals surface area contributed by atoms with Crippen molar-refractivity contribution in [3.8, 4) is 0 Å². The van der Waals surface area contributed by atoms with Crippen molar-refractivity contribution in [2.75, 3.05) is 0 Å². The van der Waals surface area contributed by atoms with Crippen LogP contribution >= 0.6 is 0 Å². The van der Waals surface area contributed by atoms with E-state index in [1.165, 1.54) is 4.57 Å². The second kappa shape index (κ2) is 3.95. The van der Waals surface area contributed by atoms with Crippen LogP contribution in [0.15, 0.2) is 16.4 Å². The first-order valence-corrected chi connectivity index (χ1v) is 6.86. The topological polar surface area (TPSA) is 44.0 Å². The molecular weight excluding hydrogens is 252 g/mol. The minimum Gasteiger partial charge on any atom is -0.343 e. The van der Waals surface area contributed by atoms with Gasteiger partial charge in [0.15, 0.2) is 0 Å². The first-order valence-electron chi connectivity index (χ1n) is 6.86. The third-order valence-corrected chi connectivity index (χ3v) is 4.61. The van der Waals surface area contributed by atoms with Crippen LogP contribution in [0, 0.1) is 13.8 Å². The van der Waals surface area contributed by atoms with Gasteiger partial charge in [-0.25, -0.2) is 4.57 Å². The quantitative estimate of drug-likeness (QED) is 0.799. The third-order valence-electron chi connectivity index (χ3n) is 4.61. The maximum absolute atomic E-state index is 12.7. The van der Waals surface area contributed by atoms with E-state index in [0.717, 1.165) is 34.3 Å². The summed E-state index contributed by atoms with van der Waals surface area (Å²) in [6, 6.07) is 1.99. The number of hydrogen-bond donors (Lipinski definition) is 0. The highest BCUT2D eigenvalue weighted by atomic mass is 16.2. The molecule has 3 heterocycles. The number of carbonyl (C=O) groups excluding carboxylic acids is 1. The smallest absolute Gasteiger partial charge is 0.282 e. The van der Waals surface area contributed by atoms with Gasteiger partial charge in [0.25, 0.3) is 11.5 Å². The van der Waals surface area contributed by atoms with Crippen LogP contribution in [0.2, 0.25) is 0 Å². The summed E-state index contributed by atoms with van der Waals surface area (Å²) in [6.45, 7) is 7.83. The maximum atomic E-state index is 12.7. The zero-order chi connectivity index (χ0) is 14.8. The molecule has 0 atom stereocenters. The summed E-state index contributed by atoms with van der Waals surface area (Å²) in [6.07, 6.45) is 0.757. The lowest BCUT2D eigenvalue weighted by Gasteiger charge is -2.06. The standard InChI is InChI=1S/C16H18N2O2/c1-6-11-9(3)15(19)18-13(11)7-12-8(2)10(4)17(5)14(12)16(18)20/h7H,6H2,1-5H3. The van der Waals surface area contributed by atoms with Gasteiger partial charge in [-0.3, -0.25) is 9.59 Å². The zero-order valence-electron chi connectivity index (χ0n) is 12.5. The van der Waals surface area contributed by atoms with E-state index < -0.39 is 0 Å². The van der Waals surface area contributed by atoms with Crippen LogP contribution in [0.5, 0.6) is 0 Å². The summed E-state index contributed by atoms with van der Waals surface area (Å²) in [7, 11) is 1.87. The zero-order valence-corrected chi connectivity index (χ0v) is 12.5. The summed E-state index contributed by atoms with van der Waals surface area (Å²) in [5.41, 5.74) is 5.01. The van der Waals surface area contributed by atoms with E-state index in [-0.39, 0.29) is 11.5 Å². The molecule has 0 aliphatic carbocycles. The van der Waals surface area contributed by atoms with Crippen LogP contribution in [0.4, 0.5) is 0 Å². The minimum atomic E-state index is -0.205. The van der Waals surface area contributed by atoms with Gasteiger partial charge >= 0.3 is 0 Å². The molecule has 0 saturated heterocycles. The van der Waals surface area contributed by atoms with Crippen molar-refractivity contribution in [2.45, 2.75) is 34.1 Å². The first kappa shape index (κ1) is 12.9. The number of hydrogen-bond acceptors (Lipinski definition) is 2. The molecule has 1 aliphatic heterocycles. The van der Waals surface area contributed by atoms with Crippen molar-refractivity contribution in [1.29, 1.82) is 0 Å². The summed E-state index contributed by atoms with van der Waals surface area (Å²) in [5.74, 6) is -0.180. The van der Waals surface area contributed by atoms with E-state index in [2.05, 4.69) is 0 Å². The van der Waals surface area contributed by atoms with Gasteiger partial charge in [-0.05, 0) is 44.4 Å². The molecule has 1 aliphatic rings. The van der Waals surface area contributed by atoms with Crippen LogP contribution < -0.4 is 5.56 Å². The van der Waals surface area contributed by atoms with E-state index in [1.54, 1.807) is 6.92 Å². The fraction of sp³-hybridized carbons (Fsp3) is 0.375. The molecule has 0 saturated carbocycles. The van der Waals surface area contributed by atoms with Gasteiger partial charge in [0.1, 0.15) is 5.52 Å². The van der Waals surface area contributed by atoms with Crippen LogP contribution in [-0.4, -0.2) is 15.0 Å². The number of rotatable bonds is 1. The molecule has 2 aromatic rings. The highest BCUT2D eigenvalue weighted by Crippen LogP contribution is 2.32. The molecular formula is C16H18N2O2. The predicted octanol–water partition coefficient (Wildman–Crippen LogP) is 2.79. The van der Waals surface area contributed by atoms with Gasteiger partial charge in [-0.15, -0.1) is 0 Å². The Balaban J connectivity index is 2.54. The molecule has 3 rings (SSSR count). The molecule has 0 amide bonds. The van der Waals surface area contributed by atoms with Crippen molar-refractivity contribution in [2.24, 2.45) is 7.05 Å². The monoisotopic (exact) mass is 270 g/mol. The van der Waals surface area contributed by atoms with Crippen molar-refractivity contribution < 1.29 is 4.79 Å². The molecule has 4 nitrogen and oxygen atoms in total. The van der Waals surface area contributed by atoms with Gasteiger partial charge in [0.2, 0.25) is 0 Å². The Morgan fingerprint density at radius 1 is 1.15 bits per heavy atom. The average molecular weight is 270 g/mol. The molecule has 0 aromatic carbocycles. The summed E-state index contributed by atoms with van der Waals surface area (Å²) < 4.78 is 3.21. The third kappa shape index (κ3) is 1.31. The largest absolute Gasteiger partial charge is 0.343 e. The SMILES string of the molecule is CCC1=C(C)C(=O)n2c1cc1c(C)c(C)n(C)c1c2=O. The highest BCUT2D eigenvalue weighted by molar-refractivity contribution is 6.09. The summed E-state index contributed by atoms with van der Waals surface area (Å²) >= 11 is 0. The lowest BCUT2D eigenvalue weighted by molar-refractivity contribution is 0.0958. The lowest BCUT2D eigenvalue weighted by atomic mass is 10.0. The van der Waals surface area contributed by atoms with Crippen molar-refractivity contribution >= 4 is 22.4 Å². The van der Waals surface area contributed by atoms with Crippen LogP contribution in [0.25, 0.3) is 16.5 Å².